The van der Waals surface area contributed by atoms with E-state index < -0.39 is 5.79 Å². The number of hydrogen-bond acceptors (Lipinski definition) is 4. The molecule has 134 valence electrons. The summed E-state index contributed by atoms with van der Waals surface area (Å²) in [6.07, 6.45) is 1.10. The van der Waals surface area contributed by atoms with Crippen LogP contribution in [0, 0.1) is 0 Å². The number of ether oxygens (including phenoxy) is 4. The highest BCUT2D eigenvalue weighted by molar-refractivity contribution is 5.31. The molecule has 0 saturated carbocycles. The normalized spacial score (nSPS) is 24.0. The highest BCUT2D eigenvalue weighted by Gasteiger charge is 2.39. The summed E-state index contributed by atoms with van der Waals surface area (Å²) in [6, 6.07) is 17.7. The van der Waals surface area contributed by atoms with Crippen molar-refractivity contribution in [3.8, 4) is 11.5 Å². The summed E-state index contributed by atoms with van der Waals surface area (Å²) >= 11 is 0. The molecule has 4 nitrogen and oxygen atoms in total. The minimum atomic E-state index is -0.705. The van der Waals surface area contributed by atoms with Gasteiger partial charge in [-0.25, -0.2) is 0 Å². The van der Waals surface area contributed by atoms with Crippen LogP contribution in [0.5, 0.6) is 11.5 Å². The third-order valence-electron chi connectivity index (χ3n) is 4.41. The van der Waals surface area contributed by atoms with Crippen LogP contribution in [0.1, 0.15) is 32.8 Å². The second-order valence-electron chi connectivity index (χ2n) is 6.48. The van der Waals surface area contributed by atoms with Gasteiger partial charge in [-0.05, 0) is 44.5 Å². The van der Waals surface area contributed by atoms with E-state index in [2.05, 4.69) is 13.8 Å². The van der Waals surface area contributed by atoms with Crippen molar-refractivity contribution in [3.63, 3.8) is 0 Å². The Morgan fingerprint density at radius 2 is 1.76 bits per heavy atom. The fourth-order valence-corrected chi connectivity index (χ4v) is 2.73. The molecule has 2 aromatic rings. The molecule has 1 saturated heterocycles. The van der Waals surface area contributed by atoms with Gasteiger partial charge >= 0.3 is 0 Å². The Balaban J connectivity index is 1.51. The molecule has 0 aliphatic carbocycles. The van der Waals surface area contributed by atoms with Gasteiger partial charge in [-0.15, -0.1) is 0 Å². The first kappa shape index (κ1) is 17.8. The largest absolute Gasteiger partial charge is 0.491 e. The summed E-state index contributed by atoms with van der Waals surface area (Å²) in [5, 5.41) is 0. The number of rotatable bonds is 7. The molecular weight excluding hydrogens is 316 g/mol. The van der Waals surface area contributed by atoms with E-state index in [1.807, 2.05) is 61.5 Å². The predicted octanol–water partition coefficient (Wildman–Crippen LogP) is 4.53. The van der Waals surface area contributed by atoms with Crippen molar-refractivity contribution in [3.05, 3.63) is 60.2 Å². The van der Waals surface area contributed by atoms with Crippen molar-refractivity contribution in [1.29, 1.82) is 0 Å². The lowest BCUT2D eigenvalue weighted by Gasteiger charge is -2.23. The molecule has 0 N–H and O–H groups in total. The van der Waals surface area contributed by atoms with Crippen LogP contribution in [0.4, 0.5) is 0 Å². The Morgan fingerprint density at radius 3 is 2.44 bits per heavy atom. The van der Waals surface area contributed by atoms with E-state index in [0.717, 1.165) is 23.5 Å². The van der Waals surface area contributed by atoms with Crippen molar-refractivity contribution in [2.24, 2.45) is 0 Å². The summed E-state index contributed by atoms with van der Waals surface area (Å²) in [6.45, 7) is 7.08. The van der Waals surface area contributed by atoms with Gasteiger partial charge in [-0.3, -0.25) is 0 Å². The highest BCUT2D eigenvalue weighted by atomic mass is 16.7. The molecule has 3 atom stereocenters. The average Bonchev–Trinajstić information content (AvgIpc) is 3.04. The fourth-order valence-electron chi connectivity index (χ4n) is 2.73. The Hall–Kier alpha value is -2.04. The third kappa shape index (κ3) is 4.53. The lowest BCUT2D eigenvalue weighted by atomic mass is 10.1. The van der Waals surface area contributed by atoms with Crippen molar-refractivity contribution in [1.82, 2.24) is 0 Å². The first-order chi connectivity index (χ1) is 12.1. The number of benzene rings is 2. The van der Waals surface area contributed by atoms with Crippen LogP contribution in [0.3, 0.4) is 0 Å². The summed E-state index contributed by atoms with van der Waals surface area (Å²) in [5.41, 5.74) is 1.02. The van der Waals surface area contributed by atoms with Crippen molar-refractivity contribution in [2.45, 2.75) is 45.2 Å². The van der Waals surface area contributed by atoms with E-state index in [-0.39, 0.29) is 12.2 Å². The Kier molecular flexibility index (Phi) is 5.61. The SMILES string of the molecule is CCC(C)Oc1ccc(OCC2COC(C)(c3ccccc3)O2)cc1. The van der Waals surface area contributed by atoms with Crippen LogP contribution in [0.25, 0.3) is 0 Å². The molecule has 4 heteroatoms. The van der Waals surface area contributed by atoms with Crippen molar-refractivity contribution in [2.75, 3.05) is 13.2 Å². The molecule has 0 radical (unpaired) electrons. The maximum atomic E-state index is 6.08. The third-order valence-corrected chi connectivity index (χ3v) is 4.41. The Bertz CT molecular complexity index is 655. The summed E-state index contributed by atoms with van der Waals surface area (Å²) in [7, 11) is 0. The molecule has 1 aliphatic heterocycles. The molecule has 3 rings (SSSR count). The van der Waals surface area contributed by atoms with Crippen LogP contribution in [-0.4, -0.2) is 25.4 Å². The molecule has 0 amide bonds. The Morgan fingerprint density at radius 1 is 1.08 bits per heavy atom. The zero-order valence-electron chi connectivity index (χ0n) is 15.1. The van der Waals surface area contributed by atoms with Crippen LogP contribution in [0.2, 0.25) is 0 Å². The quantitative estimate of drug-likeness (QED) is 0.741. The average molecular weight is 342 g/mol. The summed E-state index contributed by atoms with van der Waals surface area (Å²) in [5.74, 6) is 0.954. The van der Waals surface area contributed by atoms with Gasteiger partial charge in [0.2, 0.25) is 0 Å². The van der Waals surface area contributed by atoms with Gasteiger partial charge in [0.15, 0.2) is 5.79 Å². The second kappa shape index (κ2) is 7.89. The first-order valence-electron chi connectivity index (χ1n) is 8.86. The van der Waals surface area contributed by atoms with Gasteiger partial charge in [-0.1, -0.05) is 37.3 Å². The topological polar surface area (TPSA) is 36.9 Å². The van der Waals surface area contributed by atoms with E-state index >= 15 is 0 Å². The molecule has 25 heavy (non-hydrogen) atoms. The van der Waals surface area contributed by atoms with Gasteiger partial charge in [0.1, 0.15) is 24.2 Å². The van der Waals surface area contributed by atoms with Gasteiger partial charge in [-0.2, -0.15) is 0 Å². The summed E-state index contributed by atoms with van der Waals surface area (Å²) in [4.78, 5) is 0. The van der Waals surface area contributed by atoms with Crippen LogP contribution >= 0.6 is 0 Å². The van der Waals surface area contributed by atoms with Crippen LogP contribution in [-0.2, 0) is 15.3 Å². The number of hydrogen-bond donors (Lipinski definition) is 0. The monoisotopic (exact) mass is 342 g/mol. The van der Waals surface area contributed by atoms with Crippen molar-refractivity contribution < 1.29 is 18.9 Å². The minimum absolute atomic E-state index is 0.0961. The van der Waals surface area contributed by atoms with Gasteiger partial charge < -0.3 is 18.9 Å². The predicted molar refractivity (Wildman–Crippen MR) is 96.9 cm³/mol. The minimum Gasteiger partial charge on any atom is -0.491 e. The molecule has 3 unspecified atom stereocenters. The molecule has 0 aromatic heterocycles. The van der Waals surface area contributed by atoms with E-state index in [0.29, 0.717) is 13.2 Å². The molecule has 1 heterocycles. The fraction of sp³-hybridized carbons (Fsp3) is 0.429. The first-order valence-corrected chi connectivity index (χ1v) is 8.86. The van der Waals surface area contributed by atoms with Gasteiger partial charge in [0.25, 0.3) is 0 Å². The zero-order chi connectivity index (χ0) is 17.7. The molecule has 1 fully saturated rings. The molecule has 2 aromatic carbocycles. The van der Waals surface area contributed by atoms with E-state index in [9.17, 15) is 0 Å². The van der Waals surface area contributed by atoms with Crippen molar-refractivity contribution >= 4 is 0 Å². The summed E-state index contributed by atoms with van der Waals surface area (Å²) < 4.78 is 23.6. The second-order valence-corrected chi connectivity index (χ2v) is 6.48. The molecular formula is C21H26O4. The molecule has 0 bridgehead atoms. The lowest BCUT2D eigenvalue weighted by molar-refractivity contribution is -0.164. The van der Waals surface area contributed by atoms with Crippen LogP contribution < -0.4 is 9.47 Å². The van der Waals surface area contributed by atoms with E-state index in [1.54, 1.807) is 0 Å². The lowest BCUT2D eigenvalue weighted by Crippen LogP contribution is -2.26. The smallest absolute Gasteiger partial charge is 0.192 e. The highest BCUT2D eigenvalue weighted by Crippen LogP contribution is 2.33. The van der Waals surface area contributed by atoms with Gasteiger partial charge in [0, 0.05) is 5.56 Å². The Labute approximate surface area is 149 Å². The zero-order valence-corrected chi connectivity index (χ0v) is 15.1. The van der Waals surface area contributed by atoms with E-state index in [1.165, 1.54) is 0 Å². The molecule has 0 spiro atoms. The maximum Gasteiger partial charge on any atom is 0.192 e. The maximum absolute atomic E-state index is 6.08. The molecule has 1 aliphatic rings. The van der Waals surface area contributed by atoms with Crippen LogP contribution in [0.15, 0.2) is 54.6 Å². The standard InChI is InChI=1S/C21H26O4/c1-4-16(2)24-19-12-10-18(11-13-19)22-14-20-15-23-21(3,25-20)17-8-6-5-7-9-17/h5-13,16,20H,4,14-15H2,1-3H3. The van der Waals surface area contributed by atoms with E-state index in [4.69, 9.17) is 18.9 Å². The van der Waals surface area contributed by atoms with Gasteiger partial charge in [0.05, 0.1) is 12.7 Å².